The highest BCUT2D eigenvalue weighted by Crippen LogP contribution is 2.29. The van der Waals surface area contributed by atoms with Crippen LogP contribution in [0, 0.1) is 11.7 Å². The van der Waals surface area contributed by atoms with E-state index >= 15 is 0 Å². The number of nitrogens with two attached hydrogens (primary N) is 1. The second-order valence-electron chi connectivity index (χ2n) is 4.65. The highest BCUT2D eigenvalue weighted by Gasteiger charge is 2.22. The van der Waals surface area contributed by atoms with Gasteiger partial charge in [-0.1, -0.05) is 34.8 Å². The predicted molar refractivity (Wildman–Crippen MR) is 67.7 cm³/mol. The minimum atomic E-state index is -0.204. The maximum Gasteiger partial charge on any atom is 0.124 e. The molecule has 88 valence electrons. The van der Waals surface area contributed by atoms with Gasteiger partial charge in [0, 0.05) is 10.5 Å². The van der Waals surface area contributed by atoms with Crippen molar-refractivity contribution in [2.24, 2.45) is 11.7 Å². The van der Waals surface area contributed by atoms with Crippen LogP contribution in [-0.4, -0.2) is 6.04 Å². The number of hydrogen-bond acceptors (Lipinski definition) is 1. The normalized spacial score (nSPS) is 18.9. The molecule has 1 unspecified atom stereocenters. The second-order valence-corrected chi connectivity index (χ2v) is 5.50. The molecule has 0 spiro atoms. The molecule has 0 aliphatic heterocycles. The number of halogens is 2. The van der Waals surface area contributed by atoms with Gasteiger partial charge in [0.25, 0.3) is 0 Å². The van der Waals surface area contributed by atoms with Crippen LogP contribution < -0.4 is 5.73 Å². The summed E-state index contributed by atoms with van der Waals surface area (Å²) < 4.78 is 13.8. The molecule has 1 saturated carbocycles. The Morgan fingerprint density at radius 1 is 1.38 bits per heavy atom. The molecular weight excluding hydrogens is 269 g/mol. The Balaban J connectivity index is 2.02. The van der Waals surface area contributed by atoms with Crippen molar-refractivity contribution in [1.82, 2.24) is 0 Å². The van der Waals surface area contributed by atoms with Crippen LogP contribution in [0.15, 0.2) is 22.7 Å². The molecule has 0 bridgehead atoms. The fourth-order valence-electron chi connectivity index (χ4n) is 2.49. The molecule has 3 heteroatoms. The lowest BCUT2D eigenvalue weighted by Crippen LogP contribution is -2.30. The van der Waals surface area contributed by atoms with Crippen LogP contribution in [0.3, 0.4) is 0 Å². The zero-order chi connectivity index (χ0) is 11.5. The molecule has 1 aromatic carbocycles. The second kappa shape index (κ2) is 5.28. The van der Waals surface area contributed by atoms with Crippen molar-refractivity contribution in [2.75, 3.05) is 0 Å². The molecule has 0 radical (unpaired) electrons. The van der Waals surface area contributed by atoms with Crippen LogP contribution in [0.1, 0.15) is 31.2 Å². The monoisotopic (exact) mass is 285 g/mol. The summed E-state index contributed by atoms with van der Waals surface area (Å²) in [5.41, 5.74) is 7.32. The topological polar surface area (TPSA) is 26.0 Å². The van der Waals surface area contributed by atoms with Crippen molar-refractivity contribution >= 4 is 15.9 Å². The fraction of sp³-hybridized carbons (Fsp3) is 0.538. The molecule has 0 amide bonds. The van der Waals surface area contributed by atoms with Gasteiger partial charge in [-0.3, -0.25) is 0 Å². The van der Waals surface area contributed by atoms with Crippen molar-refractivity contribution in [3.8, 4) is 0 Å². The summed E-state index contributed by atoms with van der Waals surface area (Å²) in [7, 11) is 0. The first-order valence-electron chi connectivity index (χ1n) is 5.86. The molecule has 0 saturated heterocycles. The van der Waals surface area contributed by atoms with Crippen LogP contribution >= 0.6 is 15.9 Å². The molecule has 1 aliphatic carbocycles. The van der Waals surface area contributed by atoms with E-state index in [9.17, 15) is 4.39 Å². The molecule has 2 N–H and O–H groups in total. The maximum atomic E-state index is 12.9. The summed E-state index contributed by atoms with van der Waals surface area (Å²) in [4.78, 5) is 0. The van der Waals surface area contributed by atoms with Crippen LogP contribution in [0.2, 0.25) is 0 Å². The molecule has 1 nitrogen and oxygen atoms in total. The largest absolute Gasteiger partial charge is 0.327 e. The highest BCUT2D eigenvalue weighted by molar-refractivity contribution is 9.10. The summed E-state index contributed by atoms with van der Waals surface area (Å²) >= 11 is 3.39. The summed E-state index contributed by atoms with van der Waals surface area (Å²) in [6.45, 7) is 0. The third kappa shape index (κ3) is 2.83. The molecule has 0 heterocycles. The molecular formula is C13H17BrFN. The lowest BCUT2D eigenvalue weighted by Gasteiger charge is -2.19. The first-order chi connectivity index (χ1) is 7.66. The van der Waals surface area contributed by atoms with E-state index in [2.05, 4.69) is 15.9 Å². The Hall–Kier alpha value is -0.410. The van der Waals surface area contributed by atoms with Gasteiger partial charge in [-0.2, -0.15) is 0 Å². The smallest absolute Gasteiger partial charge is 0.124 e. The van der Waals surface area contributed by atoms with E-state index < -0.39 is 0 Å². The molecule has 0 aromatic heterocycles. The zero-order valence-corrected chi connectivity index (χ0v) is 10.8. The summed E-state index contributed by atoms with van der Waals surface area (Å²) in [6.07, 6.45) is 5.96. The third-order valence-electron chi connectivity index (χ3n) is 3.48. The van der Waals surface area contributed by atoms with Gasteiger partial charge < -0.3 is 5.73 Å². The summed E-state index contributed by atoms with van der Waals surface area (Å²) in [5, 5.41) is 0. The van der Waals surface area contributed by atoms with E-state index in [-0.39, 0.29) is 11.9 Å². The first kappa shape index (κ1) is 12.1. The lowest BCUT2D eigenvalue weighted by molar-refractivity contribution is 0.428. The standard InChI is InChI=1S/C13H17BrFN/c14-12-8-11(15)6-5-10(12)7-13(16)9-3-1-2-4-9/h5-6,8-9,13H,1-4,7,16H2. The van der Waals surface area contributed by atoms with Crippen molar-refractivity contribution in [1.29, 1.82) is 0 Å². The van der Waals surface area contributed by atoms with Gasteiger partial charge in [0.2, 0.25) is 0 Å². The Bertz CT molecular complexity index is 361. The van der Waals surface area contributed by atoms with Gasteiger partial charge in [-0.15, -0.1) is 0 Å². The van der Waals surface area contributed by atoms with E-state index in [4.69, 9.17) is 5.73 Å². The molecule has 2 rings (SSSR count). The SMILES string of the molecule is NC(Cc1ccc(F)cc1Br)C1CCCC1. The van der Waals surface area contributed by atoms with Crippen LogP contribution in [0.4, 0.5) is 4.39 Å². The quantitative estimate of drug-likeness (QED) is 0.901. The molecule has 1 fully saturated rings. The minimum absolute atomic E-state index is 0.204. The van der Waals surface area contributed by atoms with E-state index in [1.165, 1.54) is 37.8 Å². The minimum Gasteiger partial charge on any atom is -0.327 e. The molecule has 16 heavy (non-hydrogen) atoms. The average molecular weight is 286 g/mol. The van der Waals surface area contributed by atoms with Crippen molar-refractivity contribution in [2.45, 2.75) is 38.1 Å². The Kier molecular flexibility index (Phi) is 3.98. The zero-order valence-electron chi connectivity index (χ0n) is 9.26. The van der Waals surface area contributed by atoms with E-state index in [0.717, 1.165) is 16.5 Å². The average Bonchev–Trinajstić information content (AvgIpc) is 2.75. The predicted octanol–water partition coefficient (Wildman–Crippen LogP) is 3.65. The molecule has 1 aliphatic rings. The van der Waals surface area contributed by atoms with E-state index in [1.807, 2.05) is 6.07 Å². The van der Waals surface area contributed by atoms with E-state index in [0.29, 0.717) is 5.92 Å². The van der Waals surface area contributed by atoms with E-state index in [1.54, 1.807) is 0 Å². The number of hydrogen-bond donors (Lipinski definition) is 1. The van der Waals surface area contributed by atoms with Crippen LogP contribution in [0.25, 0.3) is 0 Å². The number of benzene rings is 1. The van der Waals surface area contributed by atoms with Gasteiger partial charge in [-0.25, -0.2) is 4.39 Å². The van der Waals surface area contributed by atoms with Crippen molar-refractivity contribution in [3.05, 3.63) is 34.1 Å². The Morgan fingerprint density at radius 2 is 2.06 bits per heavy atom. The van der Waals surface area contributed by atoms with Gasteiger partial charge in [0.05, 0.1) is 0 Å². The molecule has 1 atom stereocenters. The summed E-state index contributed by atoms with van der Waals surface area (Å²) in [6, 6.07) is 5.05. The van der Waals surface area contributed by atoms with Gasteiger partial charge >= 0.3 is 0 Å². The Morgan fingerprint density at radius 3 is 2.69 bits per heavy atom. The highest BCUT2D eigenvalue weighted by atomic mass is 79.9. The fourth-order valence-corrected chi connectivity index (χ4v) is 3.01. The van der Waals surface area contributed by atoms with Crippen LogP contribution in [0.5, 0.6) is 0 Å². The van der Waals surface area contributed by atoms with Crippen LogP contribution in [-0.2, 0) is 6.42 Å². The Labute approximate surface area is 104 Å². The first-order valence-corrected chi connectivity index (χ1v) is 6.65. The van der Waals surface area contributed by atoms with Gasteiger partial charge in [0.1, 0.15) is 5.82 Å². The van der Waals surface area contributed by atoms with Gasteiger partial charge in [0.15, 0.2) is 0 Å². The van der Waals surface area contributed by atoms with Gasteiger partial charge in [-0.05, 0) is 42.9 Å². The summed E-state index contributed by atoms with van der Waals surface area (Å²) in [5.74, 6) is 0.446. The molecule has 1 aromatic rings. The van der Waals surface area contributed by atoms with Crippen molar-refractivity contribution < 1.29 is 4.39 Å². The lowest BCUT2D eigenvalue weighted by atomic mass is 9.93. The number of rotatable bonds is 3. The third-order valence-corrected chi connectivity index (χ3v) is 4.21. The maximum absolute atomic E-state index is 12.9. The van der Waals surface area contributed by atoms with Crippen molar-refractivity contribution in [3.63, 3.8) is 0 Å².